The molecule has 4 N–H and O–H groups in total. The third-order valence-electron chi connectivity index (χ3n) is 10.2. The number of ether oxygens (including phenoxy) is 3. The van der Waals surface area contributed by atoms with Gasteiger partial charge in [-0.3, -0.25) is 10.1 Å². The predicted molar refractivity (Wildman–Crippen MR) is 236 cm³/mol. The summed E-state index contributed by atoms with van der Waals surface area (Å²) in [6.07, 6.45) is 0. The lowest BCUT2D eigenvalue weighted by Crippen LogP contribution is -2.18. The van der Waals surface area contributed by atoms with Crippen molar-refractivity contribution in [1.82, 2.24) is 0 Å². The van der Waals surface area contributed by atoms with Gasteiger partial charge in [0.05, 0.1) is 30.9 Å². The summed E-state index contributed by atoms with van der Waals surface area (Å²) < 4.78 is 17.2. The number of hydrogen-bond donors (Lipinski definition) is 4. The Labute approximate surface area is 364 Å². The van der Waals surface area contributed by atoms with Gasteiger partial charge < -0.3 is 34.7 Å². The number of methoxy groups -OCH3 is 1. The number of carbonyl (C=O) groups excluding carboxylic acids is 3. The minimum atomic E-state index is -1.22. The molecule has 14 heteroatoms. The normalized spacial score (nSPS) is 10.8. The van der Waals surface area contributed by atoms with Crippen LogP contribution in [-0.2, 0) is 42.8 Å². The van der Waals surface area contributed by atoms with E-state index in [0.717, 1.165) is 27.9 Å². The third-order valence-corrected chi connectivity index (χ3v) is 10.2. The Hall–Kier alpha value is -7.36. The topological polar surface area (TPSA) is 188 Å². The molecule has 0 atom stereocenters. The van der Waals surface area contributed by atoms with E-state index in [9.17, 15) is 19.5 Å². The van der Waals surface area contributed by atoms with Crippen molar-refractivity contribution in [2.75, 3.05) is 24.9 Å². The van der Waals surface area contributed by atoms with Crippen molar-refractivity contribution in [3.05, 3.63) is 171 Å². The number of aromatic carboxylic acids is 1. The number of rotatable bonds is 17. The van der Waals surface area contributed by atoms with Crippen LogP contribution in [0.25, 0.3) is 0 Å². The molecule has 0 fully saturated rings. The van der Waals surface area contributed by atoms with E-state index in [4.69, 9.17) is 29.1 Å². The van der Waals surface area contributed by atoms with Crippen LogP contribution in [0.15, 0.2) is 121 Å². The molecule has 0 bridgehead atoms. The van der Waals surface area contributed by atoms with E-state index < -0.39 is 17.8 Å². The number of hydrogen-bond acceptors (Lipinski definition) is 12. The zero-order valence-corrected chi connectivity index (χ0v) is 35.6. The van der Waals surface area contributed by atoms with E-state index >= 15 is 0 Å². The number of nitrogens with one attached hydrogen (secondary N) is 2. The first-order valence-electron chi connectivity index (χ1n) is 19.4. The van der Waals surface area contributed by atoms with Gasteiger partial charge in [-0.1, -0.05) is 50.2 Å². The second-order valence-electron chi connectivity index (χ2n) is 14.7. The van der Waals surface area contributed by atoms with E-state index in [1.54, 1.807) is 42.5 Å². The molecule has 0 heterocycles. The lowest BCUT2D eigenvalue weighted by Gasteiger charge is -2.26. The number of carboxylic acid groups (broad SMARTS) is 1. The fourth-order valence-corrected chi connectivity index (χ4v) is 6.65. The second-order valence-corrected chi connectivity index (χ2v) is 14.7. The maximum atomic E-state index is 13.2. The molecular weight excluding hydrogens is 809 g/mol. The molecule has 0 saturated carbocycles. The smallest absolute Gasteiger partial charge is 0.337 e. The monoisotopic (exact) mass is 856 g/mol. The molecule has 0 aromatic heterocycles. The van der Waals surface area contributed by atoms with E-state index in [0.29, 0.717) is 51.1 Å². The summed E-state index contributed by atoms with van der Waals surface area (Å²) in [5, 5.41) is 24.9. The maximum Gasteiger partial charge on any atom is 0.337 e. The van der Waals surface area contributed by atoms with E-state index in [1.165, 1.54) is 26.4 Å². The fraction of sp³-hybridized carbons (Fsp3) is 0.184. The van der Waals surface area contributed by atoms with E-state index in [-0.39, 0.29) is 29.8 Å². The predicted octanol–water partition coefficient (Wildman–Crippen LogP) is 10.6. The van der Waals surface area contributed by atoms with Gasteiger partial charge in [0, 0.05) is 28.0 Å². The van der Waals surface area contributed by atoms with Crippen LogP contribution in [0.3, 0.4) is 0 Å². The summed E-state index contributed by atoms with van der Waals surface area (Å²) in [5.41, 5.74) is 6.76. The number of amides is 1. The van der Waals surface area contributed by atoms with Gasteiger partial charge in [0.2, 0.25) is 0 Å². The highest BCUT2D eigenvalue weighted by Gasteiger charge is 2.24. The Morgan fingerprint density at radius 1 is 0.635 bits per heavy atom. The largest absolute Gasteiger partial charge is 0.478 e. The lowest BCUT2D eigenvalue weighted by molar-refractivity contribution is -0.282. The van der Waals surface area contributed by atoms with E-state index in [2.05, 4.69) is 34.3 Å². The van der Waals surface area contributed by atoms with Crippen LogP contribution < -0.4 is 20.1 Å². The number of carbonyl (C=O) groups is 4. The van der Waals surface area contributed by atoms with Crippen LogP contribution in [0.1, 0.15) is 78.3 Å². The first-order valence-corrected chi connectivity index (χ1v) is 19.4. The van der Waals surface area contributed by atoms with Crippen LogP contribution in [0, 0.1) is 13.8 Å². The van der Waals surface area contributed by atoms with Gasteiger partial charge in [-0.15, -0.1) is 0 Å². The quantitative estimate of drug-likeness (QED) is 0.0386. The molecule has 326 valence electrons. The molecule has 6 aromatic carbocycles. The van der Waals surface area contributed by atoms with Gasteiger partial charge in [0.15, 0.2) is 0 Å². The van der Waals surface area contributed by atoms with Crippen LogP contribution in [-0.4, -0.2) is 49.2 Å². The summed E-state index contributed by atoms with van der Waals surface area (Å²) in [4.78, 5) is 59.1. The average molecular weight is 857 g/mol. The average Bonchev–Trinajstić information content (AvgIpc) is 3.28. The molecule has 63 heavy (non-hydrogen) atoms. The standard InChI is InChI=1S/C48H46N2O11.CH2O/c1-29-23-38(18-21-42(29)49-44-26-32(47(54)56-5)8-9-33(44)28-58-55)60-36-14-10-34(11-15-36)48(3,4)35-12-16-37(17-13-35)61-39-19-22-43(30(2)24-39)50-45(51)41-25-31(27-59-57-6)7-20-40(41)46(52)53;1-2/h7-26,49,55H,27-28H2,1-6H3,(H,50,51)(H,52,53);1H2. The molecule has 0 aliphatic heterocycles. The van der Waals surface area contributed by atoms with Gasteiger partial charge >= 0.3 is 11.9 Å². The maximum absolute atomic E-state index is 13.2. The molecule has 0 unspecified atom stereocenters. The van der Waals surface area contributed by atoms with Crippen LogP contribution in [0.5, 0.6) is 23.0 Å². The van der Waals surface area contributed by atoms with Gasteiger partial charge in [-0.2, -0.15) is 0 Å². The minimum Gasteiger partial charge on any atom is -0.478 e. The van der Waals surface area contributed by atoms with Crippen LogP contribution >= 0.6 is 0 Å². The lowest BCUT2D eigenvalue weighted by atomic mass is 9.78. The van der Waals surface area contributed by atoms with Gasteiger partial charge in [0.25, 0.3) is 5.91 Å². The molecule has 0 radical (unpaired) electrons. The summed E-state index contributed by atoms with van der Waals surface area (Å²) in [5.74, 6) is 0.245. The van der Waals surface area contributed by atoms with E-state index in [1.807, 2.05) is 87.4 Å². The fourth-order valence-electron chi connectivity index (χ4n) is 6.65. The first kappa shape index (κ1) is 46.7. The summed E-state index contributed by atoms with van der Waals surface area (Å²) in [6, 6.07) is 36.0. The molecule has 0 aliphatic carbocycles. The van der Waals surface area contributed by atoms with Crippen molar-refractivity contribution in [1.29, 1.82) is 0 Å². The first-order chi connectivity index (χ1) is 30.3. The highest BCUT2D eigenvalue weighted by Crippen LogP contribution is 2.36. The molecule has 1 amide bonds. The highest BCUT2D eigenvalue weighted by atomic mass is 17.2. The molecule has 14 nitrogen and oxygen atoms in total. The van der Waals surface area contributed by atoms with Crippen molar-refractivity contribution in [3.8, 4) is 23.0 Å². The minimum absolute atomic E-state index is 0.00213. The molecule has 6 rings (SSSR count). The Kier molecular flexibility index (Phi) is 15.9. The van der Waals surface area contributed by atoms with Gasteiger partial charge in [-0.05, 0) is 127 Å². The zero-order chi connectivity index (χ0) is 45.7. The van der Waals surface area contributed by atoms with Crippen molar-refractivity contribution in [2.45, 2.75) is 46.3 Å². The number of aryl methyl sites for hydroxylation is 2. The van der Waals surface area contributed by atoms with Crippen LogP contribution in [0.2, 0.25) is 0 Å². The molecule has 6 aromatic rings. The summed E-state index contributed by atoms with van der Waals surface area (Å²) >= 11 is 0. The Balaban J connectivity index is 0.00000369. The Morgan fingerprint density at radius 2 is 1.19 bits per heavy atom. The number of benzene rings is 6. The van der Waals surface area contributed by atoms with Crippen LogP contribution in [0.4, 0.5) is 17.1 Å². The molecule has 0 spiro atoms. The third kappa shape index (κ3) is 11.7. The zero-order valence-electron chi connectivity index (χ0n) is 35.6. The molecular formula is C49H48N2O12. The van der Waals surface area contributed by atoms with Crippen molar-refractivity contribution < 1.29 is 58.4 Å². The SMILES string of the molecule is C=O.COOCc1ccc(C(=O)O)c(C(=O)Nc2ccc(Oc3ccc(C(C)(C)c4ccc(Oc5ccc(Nc6cc(C(=O)OC)ccc6COO)c(C)c5)cc4)cc3)cc2C)c1. The highest BCUT2D eigenvalue weighted by molar-refractivity contribution is 6.11. The number of carboxylic acids is 1. The summed E-state index contributed by atoms with van der Waals surface area (Å²) in [7, 11) is 2.68. The van der Waals surface area contributed by atoms with Crippen molar-refractivity contribution in [2.24, 2.45) is 0 Å². The van der Waals surface area contributed by atoms with Crippen molar-refractivity contribution in [3.63, 3.8) is 0 Å². The van der Waals surface area contributed by atoms with Crippen molar-refractivity contribution >= 4 is 41.7 Å². The Morgan fingerprint density at radius 3 is 1.70 bits per heavy atom. The van der Waals surface area contributed by atoms with Gasteiger partial charge in [0.1, 0.15) is 43.0 Å². The number of esters is 1. The summed E-state index contributed by atoms with van der Waals surface area (Å²) in [6.45, 7) is 10.0. The number of anilines is 3. The second kappa shape index (κ2) is 21.4. The van der Waals surface area contributed by atoms with Gasteiger partial charge in [-0.25, -0.2) is 24.3 Å². The molecule has 0 aliphatic rings. The Bertz CT molecular complexity index is 2550. The molecule has 0 saturated heterocycles.